The minimum atomic E-state index is -0.193. The van der Waals surface area contributed by atoms with Crippen molar-refractivity contribution in [2.45, 2.75) is 13.0 Å². The van der Waals surface area contributed by atoms with Crippen LogP contribution in [0.15, 0.2) is 42.5 Å². The maximum Gasteiger partial charge on any atom is 0.255 e. The van der Waals surface area contributed by atoms with Crippen LogP contribution in [0.25, 0.3) is 0 Å². The quantitative estimate of drug-likeness (QED) is 0.908. The Morgan fingerprint density at radius 2 is 1.86 bits per heavy atom. The van der Waals surface area contributed by atoms with Crippen LogP contribution in [0.4, 0.5) is 5.69 Å². The molecule has 0 bridgehead atoms. The molecule has 0 fully saturated rings. The molecule has 1 amide bonds. The van der Waals surface area contributed by atoms with Crippen LogP contribution in [0.2, 0.25) is 0 Å². The van der Waals surface area contributed by atoms with E-state index in [1.54, 1.807) is 18.2 Å². The first-order valence-corrected chi connectivity index (χ1v) is 6.70. The van der Waals surface area contributed by atoms with Gasteiger partial charge in [0.2, 0.25) is 6.79 Å². The molecule has 108 valence electrons. The van der Waals surface area contributed by atoms with E-state index in [1.165, 1.54) is 0 Å². The zero-order valence-corrected chi connectivity index (χ0v) is 11.6. The van der Waals surface area contributed by atoms with Crippen LogP contribution in [0.1, 0.15) is 28.9 Å². The number of carbonyl (C=O) groups excluding carboxylic acids is 1. The number of amides is 1. The molecule has 0 saturated carbocycles. The molecule has 1 heterocycles. The highest BCUT2D eigenvalue weighted by Crippen LogP contribution is 2.32. The SMILES string of the molecule is CC(N)c1ccc(NC(=O)c2ccc3c(c2)OCO3)cc1. The highest BCUT2D eigenvalue weighted by atomic mass is 16.7. The standard InChI is InChI=1S/C16H16N2O3/c1-10(17)11-2-5-13(6-3-11)18-16(19)12-4-7-14-15(8-12)21-9-20-14/h2-8,10H,9,17H2,1H3,(H,18,19). The molecule has 0 saturated heterocycles. The molecule has 3 N–H and O–H groups in total. The molecule has 0 aliphatic carbocycles. The summed E-state index contributed by atoms with van der Waals surface area (Å²) in [5.41, 5.74) is 8.07. The first-order valence-electron chi connectivity index (χ1n) is 6.70. The Balaban J connectivity index is 1.74. The second kappa shape index (κ2) is 5.46. The minimum absolute atomic E-state index is 0.0244. The molecule has 3 rings (SSSR count). The molecule has 21 heavy (non-hydrogen) atoms. The number of benzene rings is 2. The zero-order chi connectivity index (χ0) is 14.8. The summed E-state index contributed by atoms with van der Waals surface area (Å²) in [6.45, 7) is 2.11. The Morgan fingerprint density at radius 3 is 2.57 bits per heavy atom. The van der Waals surface area contributed by atoms with Crippen LogP contribution in [-0.4, -0.2) is 12.7 Å². The van der Waals surface area contributed by atoms with E-state index in [2.05, 4.69) is 5.32 Å². The van der Waals surface area contributed by atoms with Crippen LogP contribution >= 0.6 is 0 Å². The van der Waals surface area contributed by atoms with Crippen LogP contribution in [-0.2, 0) is 0 Å². The smallest absolute Gasteiger partial charge is 0.255 e. The van der Waals surface area contributed by atoms with Gasteiger partial charge in [0.15, 0.2) is 11.5 Å². The van der Waals surface area contributed by atoms with Gasteiger partial charge in [0.05, 0.1) is 0 Å². The summed E-state index contributed by atoms with van der Waals surface area (Å²) in [7, 11) is 0. The van der Waals surface area contributed by atoms with E-state index < -0.39 is 0 Å². The Morgan fingerprint density at radius 1 is 1.14 bits per heavy atom. The van der Waals surface area contributed by atoms with E-state index in [-0.39, 0.29) is 18.7 Å². The lowest BCUT2D eigenvalue weighted by atomic mass is 10.1. The number of nitrogens with two attached hydrogens (primary N) is 1. The van der Waals surface area contributed by atoms with Gasteiger partial charge in [0.25, 0.3) is 5.91 Å². The van der Waals surface area contributed by atoms with E-state index in [0.29, 0.717) is 17.1 Å². The zero-order valence-electron chi connectivity index (χ0n) is 11.6. The van der Waals surface area contributed by atoms with Crippen molar-refractivity contribution in [2.75, 3.05) is 12.1 Å². The summed E-state index contributed by atoms with van der Waals surface area (Å²) in [4.78, 5) is 12.2. The van der Waals surface area contributed by atoms with E-state index in [0.717, 1.165) is 11.3 Å². The number of hydrogen-bond donors (Lipinski definition) is 2. The number of fused-ring (bicyclic) bond motifs is 1. The first kappa shape index (κ1) is 13.5. The lowest BCUT2D eigenvalue weighted by molar-refractivity contribution is 0.102. The third-order valence-corrected chi connectivity index (χ3v) is 3.33. The van der Waals surface area contributed by atoms with Gasteiger partial charge in [0, 0.05) is 17.3 Å². The fraction of sp³-hybridized carbons (Fsp3) is 0.188. The Labute approximate surface area is 122 Å². The molecule has 0 radical (unpaired) electrons. The third kappa shape index (κ3) is 2.83. The topological polar surface area (TPSA) is 73.6 Å². The molecule has 1 unspecified atom stereocenters. The first-order chi connectivity index (χ1) is 10.1. The van der Waals surface area contributed by atoms with Crippen molar-refractivity contribution in [3.63, 3.8) is 0 Å². The number of anilines is 1. The van der Waals surface area contributed by atoms with E-state index >= 15 is 0 Å². The van der Waals surface area contributed by atoms with Crippen LogP contribution in [0.5, 0.6) is 11.5 Å². The average Bonchev–Trinajstić information content (AvgIpc) is 2.95. The minimum Gasteiger partial charge on any atom is -0.454 e. The molecule has 1 atom stereocenters. The van der Waals surface area contributed by atoms with Gasteiger partial charge in [-0.15, -0.1) is 0 Å². The van der Waals surface area contributed by atoms with Gasteiger partial charge in [-0.3, -0.25) is 4.79 Å². The molecule has 1 aliphatic heterocycles. The summed E-state index contributed by atoms with van der Waals surface area (Å²) < 4.78 is 10.5. The van der Waals surface area contributed by atoms with Crippen LogP contribution in [0.3, 0.4) is 0 Å². The van der Waals surface area contributed by atoms with Gasteiger partial charge < -0.3 is 20.5 Å². The molecular formula is C16H16N2O3. The fourth-order valence-electron chi connectivity index (χ4n) is 2.11. The highest BCUT2D eigenvalue weighted by molar-refractivity contribution is 6.04. The average molecular weight is 284 g/mol. The lowest BCUT2D eigenvalue weighted by Crippen LogP contribution is -2.12. The molecule has 1 aliphatic rings. The Bertz CT molecular complexity index is 666. The number of ether oxygens (including phenoxy) is 2. The lowest BCUT2D eigenvalue weighted by Gasteiger charge is -2.09. The van der Waals surface area contributed by atoms with Crippen molar-refractivity contribution >= 4 is 11.6 Å². The van der Waals surface area contributed by atoms with Gasteiger partial charge in [-0.05, 0) is 42.8 Å². The molecule has 2 aromatic carbocycles. The predicted molar refractivity (Wildman–Crippen MR) is 79.6 cm³/mol. The van der Waals surface area contributed by atoms with Crippen molar-refractivity contribution in [3.8, 4) is 11.5 Å². The number of hydrogen-bond acceptors (Lipinski definition) is 4. The van der Waals surface area contributed by atoms with E-state index in [9.17, 15) is 4.79 Å². The largest absolute Gasteiger partial charge is 0.454 e. The third-order valence-electron chi connectivity index (χ3n) is 3.33. The predicted octanol–water partition coefficient (Wildman–Crippen LogP) is 2.69. The van der Waals surface area contributed by atoms with E-state index in [4.69, 9.17) is 15.2 Å². The Hall–Kier alpha value is -2.53. The monoisotopic (exact) mass is 284 g/mol. The second-order valence-corrected chi connectivity index (χ2v) is 4.93. The van der Waals surface area contributed by atoms with Crippen molar-refractivity contribution in [2.24, 2.45) is 5.73 Å². The van der Waals surface area contributed by atoms with Crippen molar-refractivity contribution in [3.05, 3.63) is 53.6 Å². The van der Waals surface area contributed by atoms with Crippen molar-refractivity contribution < 1.29 is 14.3 Å². The second-order valence-electron chi connectivity index (χ2n) is 4.93. The molecule has 2 aromatic rings. The molecule has 5 nitrogen and oxygen atoms in total. The normalized spacial score (nSPS) is 13.8. The maximum atomic E-state index is 12.2. The van der Waals surface area contributed by atoms with Gasteiger partial charge in [-0.2, -0.15) is 0 Å². The Kier molecular flexibility index (Phi) is 3.50. The number of nitrogens with one attached hydrogen (secondary N) is 1. The molecular weight excluding hydrogens is 268 g/mol. The maximum absolute atomic E-state index is 12.2. The van der Waals surface area contributed by atoms with Gasteiger partial charge >= 0.3 is 0 Å². The number of carbonyl (C=O) groups is 1. The summed E-state index contributed by atoms with van der Waals surface area (Å²) >= 11 is 0. The van der Waals surface area contributed by atoms with Crippen molar-refractivity contribution in [1.29, 1.82) is 0 Å². The van der Waals surface area contributed by atoms with Crippen LogP contribution in [0, 0.1) is 0 Å². The van der Waals surface area contributed by atoms with Gasteiger partial charge in [-0.1, -0.05) is 12.1 Å². The van der Waals surface area contributed by atoms with Crippen LogP contribution < -0.4 is 20.5 Å². The van der Waals surface area contributed by atoms with Crippen molar-refractivity contribution in [1.82, 2.24) is 0 Å². The van der Waals surface area contributed by atoms with E-state index in [1.807, 2.05) is 31.2 Å². The fourth-order valence-corrected chi connectivity index (χ4v) is 2.11. The van der Waals surface area contributed by atoms with Gasteiger partial charge in [-0.25, -0.2) is 0 Å². The summed E-state index contributed by atoms with van der Waals surface area (Å²) in [6.07, 6.45) is 0. The summed E-state index contributed by atoms with van der Waals surface area (Å²) in [6, 6.07) is 12.6. The summed E-state index contributed by atoms with van der Waals surface area (Å²) in [5.74, 6) is 1.06. The molecule has 0 aromatic heterocycles. The number of rotatable bonds is 3. The molecule has 0 spiro atoms. The summed E-state index contributed by atoms with van der Waals surface area (Å²) in [5, 5.41) is 2.84. The highest BCUT2D eigenvalue weighted by Gasteiger charge is 2.16. The van der Waals surface area contributed by atoms with Gasteiger partial charge in [0.1, 0.15) is 0 Å². The molecule has 5 heteroatoms.